The Morgan fingerprint density at radius 1 is 1.17 bits per heavy atom. The molecule has 94 valence electrons. The first-order valence-corrected chi connectivity index (χ1v) is 5.95. The summed E-state index contributed by atoms with van der Waals surface area (Å²) in [6.07, 6.45) is 0. The number of hydrogen-bond acceptors (Lipinski definition) is 2. The van der Waals surface area contributed by atoms with Crippen molar-refractivity contribution in [1.82, 2.24) is 9.55 Å². The van der Waals surface area contributed by atoms with Crippen molar-refractivity contribution >= 4 is 23.2 Å². The fourth-order valence-corrected chi connectivity index (χ4v) is 1.97. The average Bonchev–Trinajstić information content (AvgIpc) is 2.31. The second kappa shape index (κ2) is 4.63. The molecule has 0 aliphatic heterocycles. The molecule has 0 atom stereocenters. The molecule has 1 heterocycles. The van der Waals surface area contributed by atoms with E-state index in [-0.39, 0.29) is 10.7 Å². The highest BCUT2D eigenvalue weighted by atomic mass is 35.5. The van der Waals surface area contributed by atoms with E-state index < -0.39 is 11.2 Å². The number of aromatic nitrogens is 2. The Kier molecular flexibility index (Phi) is 3.32. The smallest absolute Gasteiger partial charge is 0.297 e. The van der Waals surface area contributed by atoms with Crippen LogP contribution >= 0.6 is 23.2 Å². The van der Waals surface area contributed by atoms with Gasteiger partial charge in [0.2, 0.25) is 0 Å². The number of hydrogen-bond donors (Lipinski definition) is 1. The number of benzene rings is 1. The molecular weight excluding hydrogens is 275 g/mol. The van der Waals surface area contributed by atoms with Crippen LogP contribution in [0, 0.1) is 13.8 Å². The molecule has 2 aromatic rings. The first kappa shape index (κ1) is 12.9. The molecule has 4 nitrogen and oxygen atoms in total. The second-order valence-electron chi connectivity index (χ2n) is 3.96. The molecule has 0 aliphatic rings. The number of aromatic amines is 1. The van der Waals surface area contributed by atoms with Crippen molar-refractivity contribution in [2.45, 2.75) is 13.8 Å². The fraction of sp³-hybridized carbons (Fsp3) is 0.167. The Morgan fingerprint density at radius 2 is 1.83 bits per heavy atom. The summed E-state index contributed by atoms with van der Waals surface area (Å²) >= 11 is 11.8. The van der Waals surface area contributed by atoms with E-state index in [1.54, 1.807) is 25.1 Å². The minimum absolute atomic E-state index is 0.0463. The van der Waals surface area contributed by atoms with E-state index >= 15 is 0 Å². The van der Waals surface area contributed by atoms with Crippen LogP contribution in [0.15, 0.2) is 27.8 Å². The van der Waals surface area contributed by atoms with Gasteiger partial charge in [0.1, 0.15) is 5.15 Å². The molecule has 0 saturated carbocycles. The third-order valence-corrected chi connectivity index (χ3v) is 3.31. The van der Waals surface area contributed by atoms with Crippen molar-refractivity contribution in [3.8, 4) is 5.69 Å². The lowest BCUT2D eigenvalue weighted by molar-refractivity contribution is 0.859. The predicted octanol–water partition coefficient (Wildman–Crippen LogP) is 2.45. The summed E-state index contributed by atoms with van der Waals surface area (Å²) in [5.74, 6) is 0. The molecular formula is C12H10Cl2N2O2. The fourth-order valence-electron chi connectivity index (χ4n) is 1.61. The molecule has 0 radical (unpaired) electrons. The predicted molar refractivity (Wildman–Crippen MR) is 72.2 cm³/mol. The lowest BCUT2D eigenvalue weighted by Gasteiger charge is -2.09. The number of nitrogens with zero attached hydrogens (tertiary/aromatic N) is 1. The van der Waals surface area contributed by atoms with Crippen LogP contribution in [0.4, 0.5) is 0 Å². The van der Waals surface area contributed by atoms with Gasteiger partial charge >= 0.3 is 5.69 Å². The molecule has 0 spiro atoms. The monoisotopic (exact) mass is 284 g/mol. The summed E-state index contributed by atoms with van der Waals surface area (Å²) in [7, 11) is 0. The van der Waals surface area contributed by atoms with Crippen LogP contribution in [-0.4, -0.2) is 9.55 Å². The number of halogens is 2. The molecule has 1 aromatic heterocycles. The third kappa shape index (κ3) is 2.09. The standard InChI is InChI=1S/C12H10Cl2N2O2/c1-6-3-4-8(13)9(5-6)16-11(17)7(2)10(14)15-12(16)18/h3-5H,1-2H3,(H,15,18). The summed E-state index contributed by atoms with van der Waals surface area (Å²) in [6, 6.07) is 5.11. The Bertz CT molecular complexity index is 732. The summed E-state index contributed by atoms with van der Waals surface area (Å²) in [5, 5.41) is 0.375. The van der Waals surface area contributed by atoms with Gasteiger partial charge in [-0.2, -0.15) is 0 Å². The molecule has 2 rings (SSSR count). The first-order valence-electron chi connectivity index (χ1n) is 5.20. The normalized spacial score (nSPS) is 10.7. The minimum atomic E-state index is -0.608. The molecule has 0 bridgehead atoms. The third-order valence-electron chi connectivity index (χ3n) is 2.62. The van der Waals surface area contributed by atoms with Crippen LogP contribution in [0.3, 0.4) is 0 Å². The van der Waals surface area contributed by atoms with E-state index in [2.05, 4.69) is 4.98 Å². The SMILES string of the molecule is Cc1ccc(Cl)c(-n2c(=O)[nH]c(Cl)c(C)c2=O)c1. The number of rotatable bonds is 1. The van der Waals surface area contributed by atoms with Crippen molar-refractivity contribution < 1.29 is 0 Å². The number of nitrogens with one attached hydrogen (secondary N) is 1. The van der Waals surface area contributed by atoms with Crippen molar-refractivity contribution in [1.29, 1.82) is 0 Å². The lowest BCUT2D eigenvalue weighted by atomic mass is 10.2. The maximum Gasteiger partial charge on any atom is 0.334 e. The zero-order chi connectivity index (χ0) is 13.4. The molecule has 0 saturated heterocycles. The van der Waals surface area contributed by atoms with E-state index in [1.807, 2.05) is 6.92 Å². The highest BCUT2D eigenvalue weighted by Gasteiger charge is 2.13. The zero-order valence-corrected chi connectivity index (χ0v) is 11.3. The molecule has 0 unspecified atom stereocenters. The number of H-pyrrole nitrogens is 1. The Hall–Kier alpha value is -1.52. The van der Waals surface area contributed by atoms with Gasteiger partial charge in [0.25, 0.3) is 5.56 Å². The highest BCUT2D eigenvalue weighted by Crippen LogP contribution is 2.19. The Labute approximate surface area is 113 Å². The molecule has 6 heteroatoms. The van der Waals surface area contributed by atoms with Crippen LogP contribution in [0.25, 0.3) is 5.69 Å². The van der Waals surface area contributed by atoms with Gasteiger partial charge in [-0.3, -0.25) is 9.78 Å². The maximum atomic E-state index is 12.1. The summed E-state index contributed by atoms with van der Waals surface area (Å²) < 4.78 is 0.983. The maximum absolute atomic E-state index is 12.1. The molecule has 0 fully saturated rings. The molecule has 1 N–H and O–H groups in total. The lowest BCUT2D eigenvalue weighted by Crippen LogP contribution is -2.35. The van der Waals surface area contributed by atoms with Gasteiger partial charge in [-0.05, 0) is 31.5 Å². The van der Waals surface area contributed by atoms with Gasteiger partial charge in [-0.25, -0.2) is 9.36 Å². The van der Waals surface area contributed by atoms with Crippen LogP contribution in [0.5, 0.6) is 0 Å². The summed E-state index contributed by atoms with van der Waals surface area (Å²) in [4.78, 5) is 26.3. The van der Waals surface area contributed by atoms with Gasteiger partial charge < -0.3 is 0 Å². The topological polar surface area (TPSA) is 54.9 Å². The zero-order valence-electron chi connectivity index (χ0n) is 9.75. The van der Waals surface area contributed by atoms with E-state index in [9.17, 15) is 9.59 Å². The quantitative estimate of drug-likeness (QED) is 0.818. The van der Waals surface area contributed by atoms with Crippen molar-refractivity contribution in [2.75, 3.05) is 0 Å². The second-order valence-corrected chi connectivity index (χ2v) is 4.75. The van der Waals surface area contributed by atoms with Crippen molar-refractivity contribution in [2.24, 2.45) is 0 Å². The average molecular weight is 285 g/mol. The number of aryl methyl sites for hydroxylation is 1. The largest absolute Gasteiger partial charge is 0.334 e. The summed E-state index contributed by atoms with van der Waals surface area (Å²) in [5.41, 5.74) is 0.434. The van der Waals surface area contributed by atoms with Crippen LogP contribution in [-0.2, 0) is 0 Å². The van der Waals surface area contributed by atoms with E-state index in [1.165, 1.54) is 0 Å². The van der Waals surface area contributed by atoms with E-state index in [0.717, 1.165) is 10.1 Å². The van der Waals surface area contributed by atoms with Gasteiger partial charge in [-0.1, -0.05) is 29.3 Å². The van der Waals surface area contributed by atoms with E-state index in [0.29, 0.717) is 10.7 Å². The first-order chi connectivity index (χ1) is 8.41. The van der Waals surface area contributed by atoms with Crippen molar-refractivity contribution in [3.63, 3.8) is 0 Å². The molecule has 1 aromatic carbocycles. The summed E-state index contributed by atoms with van der Waals surface area (Å²) in [6.45, 7) is 3.39. The van der Waals surface area contributed by atoms with Crippen LogP contribution in [0.2, 0.25) is 10.2 Å². The molecule has 18 heavy (non-hydrogen) atoms. The van der Waals surface area contributed by atoms with Gasteiger partial charge in [-0.15, -0.1) is 0 Å². The minimum Gasteiger partial charge on any atom is -0.297 e. The molecule has 0 amide bonds. The highest BCUT2D eigenvalue weighted by molar-refractivity contribution is 6.32. The van der Waals surface area contributed by atoms with E-state index in [4.69, 9.17) is 23.2 Å². The molecule has 0 aliphatic carbocycles. The Morgan fingerprint density at radius 3 is 2.50 bits per heavy atom. The Balaban J connectivity index is 2.88. The van der Waals surface area contributed by atoms with Gasteiger partial charge in [0.05, 0.1) is 16.3 Å². The van der Waals surface area contributed by atoms with Crippen molar-refractivity contribution in [3.05, 3.63) is 60.3 Å². The van der Waals surface area contributed by atoms with Gasteiger partial charge in [0.15, 0.2) is 0 Å². The van der Waals surface area contributed by atoms with Crippen LogP contribution in [0.1, 0.15) is 11.1 Å². The van der Waals surface area contributed by atoms with Gasteiger partial charge in [0, 0.05) is 0 Å². The van der Waals surface area contributed by atoms with Crippen LogP contribution < -0.4 is 11.2 Å².